The highest BCUT2D eigenvalue weighted by Crippen LogP contribution is 2.53. The monoisotopic (exact) mass is 270 g/mol. The molecule has 0 aromatic rings. The lowest BCUT2D eigenvalue weighted by Crippen LogP contribution is -2.41. The van der Waals surface area contributed by atoms with E-state index in [9.17, 15) is 9.59 Å². The third kappa shape index (κ3) is 3.30. The van der Waals surface area contributed by atoms with E-state index in [-0.39, 0.29) is 17.6 Å². The standard InChI is InChI=1S/C13H22N2O4/c1-12(2,3)19-10(16)14-9-8-13(9)4-6-15(7-5-13)11(17)18/h9H,4-8H2,1-3H3,(H,14,16)(H,17,18)/t9-/m0/s1. The lowest BCUT2D eigenvalue weighted by atomic mass is 9.93. The largest absolute Gasteiger partial charge is 0.465 e. The van der Waals surface area contributed by atoms with E-state index in [0.29, 0.717) is 13.1 Å². The number of alkyl carbamates (subject to hydrolysis) is 1. The molecule has 6 nitrogen and oxygen atoms in total. The lowest BCUT2D eigenvalue weighted by Gasteiger charge is -2.31. The molecule has 0 unspecified atom stereocenters. The molecule has 108 valence electrons. The molecule has 1 heterocycles. The summed E-state index contributed by atoms with van der Waals surface area (Å²) < 4.78 is 5.23. The Labute approximate surface area is 113 Å². The lowest BCUT2D eigenvalue weighted by molar-refractivity contribution is 0.0506. The fourth-order valence-corrected chi connectivity index (χ4v) is 2.70. The highest BCUT2D eigenvalue weighted by molar-refractivity contribution is 5.69. The van der Waals surface area contributed by atoms with Gasteiger partial charge in [-0.1, -0.05) is 0 Å². The van der Waals surface area contributed by atoms with Crippen LogP contribution in [-0.2, 0) is 4.74 Å². The maximum absolute atomic E-state index is 11.7. The van der Waals surface area contributed by atoms with Gasteiger partial charge in [-0.25, -0.2) is 9.59 Å². The van der Waals surface area contributed by atoms with Crippen molar-refractivity contribution in [3.8, 4) is 0 Å². The number of hydrogen-bond acceptors (Lipinski definition) is 3. The number of hydrogen-bond donors (Lipinski definition) is 2. The van der Waals surface area contributed by atoms with Gasteiger partial charge >= 0.3 is 12.2 Å². The van der Waals surface area contributed by atoms with Crippen molar-refractivity contribution in [1.82, 2.24) is 10.2 Å². The van der Waals surface area contributed by atoms with Crippen LogP contribution in [0.5, 0.6) is 0 Å². The first-order chi connectivity index (χ1) is 8.72. The van der Waals surface area contributed by atoms with E-state index in [4.69, 9.17) is 9.84 Å². The van der Waals surface area contributed by atoms with Crippen molar-refractivity contribution in [1.29, 1.82) is 0 Å². The summed E-state index contributed by atoms with van der Waals surface area (Å²) in [5.41, 5.74) is -0.387. The maximum atomic E-state index is 11.7. The topological polar surface area (TPSA) is 78.9 Å². The number of carbonyl (C=O) groups excluding carboxylic acids is 1. The van der Waals surface area contributed by atoms with Gasteiger partial charge < -0.3 is 20.1 Å². The Kier molecular flexibility index (Phi) is 3.36. The van der Waals surface area contributed by atoms with E-state index in [1.807, 2.05) is 20.8 Å². The van der Waals surface area contributed by atoms with Crippen molar-refractivity contribution >= 4 is 12.2 Å². The minimum atomic E-state index is -0.854. The van der Waals surface area contributed by atoms with E-state index < -0.39 is 11.7 Å². The number of carboxylic acid groups (broad SMARTS) is 1. The van der Waals surface area contributed by atoms with Gasteiger partial charge in [-0.2, -0.15) is 0 Å². The third-order valence-electron chi connectivity index (χ3n) is 3.91. The van der Waals surface area contributed by atoms with Gasteiger partial charge in [0.25, 0.3) is 0 Å². The molecule has 2 fully saturated rings. The second kappa shape index (κ2) is 4.58. The summed E-state index contributed by atoms with van der Waals surface area (Å²) in [6, 6.07) is 0.137. The molecule has 0 bridgehead atoms. The van der Waals surface area contributed by atoms with Crippen LogP contribution in [0.1, 0.15) is 40.0 Å². The molecule has 1 spiro atoms. The van der Waals surface area contributed by atoms with Gasteiger partial charge in [-0.15, -0.1) is 0 Å². The number of ether oxygens (including phenoxy) is 1. The minimum Gasteiger partial charge on any atom is -0.465 e. The molecule has 1 aliphatic carbocycles. The van der Waals surface area contributed by atoms with Crippen molar-refractivity contribution in [2.45, 2.75) is 51.7 Å². The molecular weight excluding hydrogens is 248 g/mol. The molecule has 0 aromatic heterocycles. The summed E-state index contributed by atoms with van der Waals surface area (Å²) in [5, 5.41) is 11.8. The summed E-state index contributed by atoms with van der Waals surface area (Å²) in [7, 11) is 0. The molecule has 0 aromatic carbocycles. The Morgan fingerprint density at radius 3 is 2.37 bits per heavy atom. The SMILES string of the molecule is CC(C)(C)OC(=O)N[C@H]1CC12CCN(C(=O)O)CC2. The molecule has 2 aliphatic rings. The first-order valence-corrected chi connectivity index (χ1v) is 6.69. The Morgan fingerprint density at radius 2 is 1.89 bits per heavy atom. The zero-order chi connectivity index (χ0) is 14.3. The molecule has 1 atom stereocenters. The fraction of sp³-hybridized carbons (Fsp3) is 0.846. The van der Waals surface area contributed by atoms with Crippen LogP contribution in [-0.4, -0.2) is 46.9 Å². The fourth-order valence-electron chi connectivity index (χ4n) is 2.70. The van der Waals surface area contributed by atoms with E-state index >= 15 is 0 Å². The Hall–Kier alpha value is -1.46. The van der Waals surface area contributed by atoms with Crippen molar-refractivity contribution < 1.29 is 19.4 Å². The van der Waals surface area contributed by atoms with Gasteiger partial charge in [-0.3, -0.25) is 0 Å². The first-order valence-electron chi connectivity index (χ1n) is 6.69. The van der Waals surface area contributed by atoms with Gasteiger partial charge in [0.1, 0.15) is 5.60 Å². The highest BCUT2D eigenvalue weighted by Gasteiger charge is 2.56. The van der Waals surface area contributed by atoms with Gasteiger partial charge in [0, 0.05) is 19.1 Å². The third-order valence-corrected chi connectivity index (χ3v) is 3.91. The number of likely N-dealkylation sites (tertiary alicyclic amines) is 1. The Morgan fingerprint density at radius 1 is 1.32 bits per heavy atom. The van der Waals surface area contributed by atoms with E-state index in [1.54, 1.807) is 0 Å². The van der Waals surface area contributed by atoms with Gasteiger partial charge in [-0.05, 0) is 45.4 Å². The van der Waals surface area contributed by atoms with Crippen LogP contribution in [0.15, 0.2) is 0 Å². The van der Waals surface area contributed by atoms with E-state index in [1.165, 1.54) is 4.90 Å². The van der Waals surface area contributed by atoms with Crippen LogP contribution >= 0.6 is 0 Å². The number of amides is 2. The predicted octanol–water partition coefficient (Wildman–Crippen LogP) is 2.04. The van der Waals surface area contributed by atoms with Gasteiger partial charge in [0.05, 0.1) is 0 Å². The summed E-state index contributed by atoms with van der Waals surface area (Å²) in [6.07, 6.45) is 1.33. The van der Waals surface area contributed by atoms with Gasteiger partial charge in [0.2, 0.25) is 0 Å². The van der Waals surface area contributed by atoms with Crippen molar-refractivity contribution in [3.05, 3.63) is 0 Å². The highest BCUT2D eigenvalue weighted by atomic mass is 16.6. The zero-order valence-corrected chi connectivity index (χ0v) is 11.7. The number of rotatable bonds is 1. The van der Waals surface area contributed by atoms with Crippen LogP contribution in [0.2, 0.25) is 0 Å². The first kappa shape index (κ1) is 14.0. The zero-order valence-electron chi connectivity index (χ0n) is 11.7. The summed E-state index contributed by atoms with van der Waals surface area (Å²) >= 11 is 0. The second-order valence-electron chi connectivity index (χ2n) is 6.53. The minimum absolute atomic E-state index is 0.100. The van der Waals surface area contributed by atoms with Crippen LogP contribution in [0.3, 0.4) is 0 Å². The summed E-state index contributed by atoms with van der Waals surface area (Å²) in [6.45, 7) is 6.62. The number of piperidine rings is 1. The van der Waals surface area contributed by atoms with E-state index in [0.717, 1.165) is 19.3 Å². The molecule has 1 aliphatic heterocycles. The summed E-state index contributed by atoms with van der Waals surface area (Å²) in [4.78, 5) is 23.9. The molecule has 19 heavy (non-hydrogen) atoms. The average molecular weight is 270 g/mol. The Balaban J connectivity index is 1.79. The van der Waals surface area contributed by atoms with Crippen LogP contribution in [0.25, 0.3) is 0 Å². The van der Waals surface area contributed by atoms with Crippen molar-refractivity contribution in [2.75, 3.05) is 13.1 Å². The van der Waals surface area contributed by atoms with Gasteiger partial charge in [0.15, 0.2) is 0 Å². The molecule has 2 N–H and O–H groups in total. The second-order valence-corrected chi connectivity index (χ2v) is 6.53. The van der Waals surface area contributed by atoms with Crippen LogP contribution < -0.4 is 5.32 Å². The summed E-state index contributed by atoms with van der Waals surface area (Å²) in [5.74, 6) is 0. The molecule has 0 radical (unpaired) electrons. The molecule has 1 saturated heterocycles. The van der Waals surface area contributed by atoms with E-state index in [2.05, 4.69) is 5.32 Å². The van der Waals surface area contributed by atoms with Crippen LogP contribution in [0.4, 0.5) is 9.59 Å². The average Bonchev–Trinajstić information content (AvgIpc) is 2.88. The molecule has 2 rings (SSSR count). The molecule has 6 heteroatoms. The molecular formula is C13H22N2O4. The van der Waals surface area contributed by atoms with Crippen molar-refractivity contribution in [2.24, 2.45) is 5.41 Å². The van der Waals surface area contributed by atoms with Crippen molar-refractivity contribution in [3.63, 3.8) is 0 Å². The number of nitrogens with one attached hydrogen (secondary N) is 1. The molecule has 1 saturated carbocycles. The number of carbonyl (C=O) groups is 2. The maximum Gasteiger partial charge on any atom is 0.407 e. The predicted molar refractivity (Wildman–Crippen MR) is 69.0 cm³/mol. The number of nitrogens with zero attached hydrogens (tertiary/aromatic N) is 1. The molecule has 2 amide bonds. The quantitative estimate of drug-likeness (QED) is 0.764. The normalized spacial score (nSPS) is 25.0. The van der Waals surface area contributed by atoms with Crippen LogP contribution in [0, 0.1) is 5.41 Å². The Bertz CT molecular complexity index is 381. The smallest absolute Gasteiger partial charge is 0.407 e.